The van der Waals surface area contributed by atoms with E-state index < -0.39 is 0 Å². The summed E-state index contributed by atoms with van der Waals surface area (Å²) in [4.78, 5) is 5.02. The number of nitrogens with zero attached hydrogens (tertiary/aromatic N) is 2. The van der Waals surface area contributed by atoms with Gasteiger partial charge in [0.15, 0.2) is 0 Å². The van der Waals surface area contributed by atoms with Gasteiger partial charge >= 0.3 is 0 Å². The highest BCUT2D eigenvalue weighted by atomic mass is 15.3. The molecule has 2 aliphatic rings. The third kappa shape index (κ3) is 4.63. The Bertz CT molecular complexity index is 1860. The van der Waals surface area contributed by atoms with E-state index in [0.29, 0.717) is 0 Å². The average Bonchev–Trinajstić information content (AvgIpc) is 3.33. The van der Waals surface area contributed by atoms with Crippen LogP contribution in [-0.2, 0) is 5.41 Å². The van der Waals surface area contributed by atoms with Crippen molar-refractivity contribution in [3.8, 4) is 22.3 Å². The summed E-state index contributed by atoms with van der Waals surface area (Å²) in [7, 11) is 0. The van der Waals surface area contributed by atoms with Crippen LogP contribution in [0.4, 0.5) is 28.4 Å². The van der Waals surface area contributed by atoms with E-state index in [4.69, 9.17) is 0 Å². The van der Waals surface area contributed by atoms with Crippen LogP contribution < -0.4 is 9.80 Å². The third-order valence-corrected chi connectivity index (χ3v) is 10.8. The van der Waals surface area contributed by atoms with Gasteiger partial charge in [0.25, 0.3) is 0 Å². The molecule has 0 amide bonds. The fourth-order valence-electron chi connectivity index (χ4n) is 8.17. The zero-order valence-electron chi connectivity index (χ0n) is 26.7. The molecule has 6 aromatic carbocycles. The van der Waals surface area contributed by atoms with Gasteiger partial charge in [0, 0.05) is 33.9 Å². The number of hydrogen-bond acceptors (Lipinski definition) is 2. The van der Waals surface area contributed by atoms with Crippen LogP contribution in [0.2, 0.25) is 0 Å². The molecule has 1 aliphatic carbocycles. The zero-order valence-corrected chi connectivity index (χ0v) is 26.7. The van der Waals surface area contributed by atoms with E-state index in [1.807, 2.05) is 0 Å². The molecular formula is C44H40N2. The second-order valence-corrected chi connectivity index (χ2v) is 13.3. The van der Waals surface area contributed by atoms with E-state index in [0.717, 1.165) is 17.1 Å². The van der Waals surface area contributed by atoms with Gasteiger partial charge in [-0.15, -0.1) is 0 Å². The molecule has 46 heavy (non-hydrogen) atoms. The number of fused-ring (bicyclic) bond motifs is 3. The van der Waals surface area contributed by atoms with Crippen molar-refractivity contribution in [3.05, 3.63) is 163 Å². The molecule has 0 N–H and O–H groups in total. The number of rotatable bonds is 6. The van der Waals surface area contributed by atoms with Crippen LogP contribution in [0.25, 0.3) is 22.3 Å². The lowest BCUT2D eigenvalue weighted by atomic mass is 9.61. The smallest absolute Gasteiger partial charge is 0.0517 e. The molecule has 1 aliphatic heterocycles. The molecule has 0 radical (unpaired) electrons. The summed E-state index contributed by atoms with van der Waals surface area (Å²) in [5, 5.41) is 0. The molecular weight excluding hydrogens is 556 g/mol. The lowest BCUT2D eigenvalue weighted by Crippen LogP contribution is -2.54. The second-order valence-electron chi connectivity index (χ2n) is 13.3. The first-order valence-electron chi connectivity index (χ1n) is 16.7. The first kappa shape index (κ1) is 28.4. The van der Waals surface area contributed by atoms with Crippen molar-refractivity contribution >= 4 is 28.4 Å². The Labute approximate surface area is 273 Å². The quantitative estimate of drug-likeness (QED) is 0.189. The topological polar surface area (TPSA) is 6.48 Å². The molecule has 0 aromatic heterocycles. The van der Waals surface area contributed by atoms with Crippen molar-refractivity contribution in [2.24, 2.45) is 0 Å². The van der Waals surface area contributed by atoms with Gasteiger partial charge in [-0.2, -0.15) is 0 Å². The van der Waals surface area contributed by atoms with Gasteiger partial charge in [0.2, 0.25) is 0 Å². The van der Waals surface area contributed by atoms with Crippen molar-refractivity contribution in [1.29, 1.82) is 0 Å². The first-order chi connectivity index (χ1) is 22.5. The molecule has 0 spiro atoms. The van der Waals surface area contributed by atoms with Crippen LogP contribution in [0.1, 0.15) is 45.1 Å². The lowest BCUT2D eigenvalue weighted by Gasteiger charge is -2.50. The Hall–Kier alpha value is -5.08. The highest BCUT2D eigenvalue weighted by Gasteiger charge is 2.57. The lowest BCUT2D eigenvalue weighted by molar-refractivity contribution is 0.195. The molecule has 0 saturated heterocycles. The molecule has 1 saturated carbocycles. The van der Waals surface area contributed by atoms with Gasteiger partial charge in [0.1, 0.15) is 0 Å². The van der Waals surface area contributed by atoms with Crippen molar-refractivity contribution in [1.82, 2.24) is 0 Å². The Balaban J connectivity index is 1.19. The van der Waals surface area contributed by atoms with Crippen molar-refractivity contribution in [2.75, 3.05) is 9.80 Å². The maximum absolute atomic E-state index is 2.65. The van der Waals surface area contributed by atoms with Gasteiger partial charge < -0.3 is 9.80 Å². The number of para-hydroxylation sites is 1. The van der Waals surface area contributed by atoms with E-state index in [1.54, 1.807) is 0 Å². The number of hydrogen-bond donors (Lipinski definition) is 0. The monoisotopic (exact) mass is 596 g/mol. The van der Waals surface area contributed by atoms with Gasteiger partial charge in [0.05, 0.1) is 5.54 Å². The van der Waals surface area contributed by atoms with Crippen LogP contribution in [0.15, 0.2) is 158 Å². The van der Waals surface area contributed by atoms with Crippen molar-refractivity contribution < 1.29 is 0 Å². The van der Waals surface area contributed by atoms with Crippen LogP contribution in [0, 0.1) is 0 Å². The number of anilines is 5. The van der Waals surface area contributed by atoms with Gasteiger partial charge in [-0.25, -0.2) is 0 Å². The average molecular weight is 597 g/mol. The molecule has 0 bridgehead atoms. The summed E-state index contributed by atoms with van der Waals surface area (Å²) in [6.07, 6.45) is 5.02. The van der Waals surface area contributed by atoms with Crippen LogP contribution in [0.3, 0.4) is 0 Å². The molecule has 6 aromatic rings. The zero-order chi connectivity index (χ0) is 31.1. The van der Waals surface area contributed by atoms with E-state index in [1.165, 1.54) is 64.9 Å². The summed E-state index contributed by atoms with van der Waals surface area (Å²) in [6.45, 7) is 4.99. The van der Waals surface area contributed by atoms with E-state index in [9.17, 15) is 0 Å². The maximum Gasteiger partial charge on any atom is 0.0517 e. The summed E-state index contributed by atoms with van der Waals surface area (Å²) < 4.78 is 0. The SMILES string of the molecule is CC12CCCCC1(C)N(c1ccc(N(c3ccc(-c4ccccc4)cc3)c3ccc(-c4ccccc4)cc3)cc1)c1ccccc12. The minimum absolute atomic E-state index is 0.0523. The minimum Gasteiger partial charge on any atom is -0.334 e. The van der Waals surface area contributed by atoms with E-state index in [-0.39, 0.29) is 11.0 Å². The van der Waals surface area contributed by atoms with Gasteiger partial charge in [-0.1, -0.05) is 123 Å². The molecule has 2 nitrogen and oxygen atoms in total. The molecule has 2 atom stereocenters. The van der Waals surface area contributed by atoms with Crippen LogP contribution in [0.5, 0.6) is 0 Å². The Morgan fingerprint density at radius 2 is 0.891 bits per heavy atom. The van der Waals surface area contributed by atoms with Crippen molar-refractivity contribution in [2.45, 2.75) is 50.5 Å². The molecule has 2 heteroatoms. The van der Waals surface area contributed by atoms with Crippen LogP contribution >= 0.6 is 0 Å². The molecule has 1 fully saturated rings. The minimum atomic E-state index is 0.0523. The second kappa shape index (κ2) is 11.4. The van der Waals surface area contributed by atoms with E-state index in [2.05, 4.69) is 181 Å². The fourth-order valence-corrected chi connectivity index (χ4v) is 8.17. The Kier molecular flexibility index (Phi) is 7.02. The molecule has 226 valence electrons. The normalized spacial score (nSPS) is 20.2. The van der Waals surface area contributed by atoms with Crippen molar-refractivity contribution in [3.63, 3.8) is 0 Å². The Morgan fingerprint density at radius 1 is 0.457 bits per heavy atom. The maximum atomic E-state index is 2.65. The summed E-state index contributed by atoms with van der Waals surface area (Å²) in [6, 6.07) is 57.5. The van der Waals surface area contributed by atoms with Gasteiger partial charge in [-0.3, -0.25) is 0 Å². The third-order valence-electron chi connectivity index (χ3n) is 10.8. The summed E-state index contributed by atoms with van der Waals surface area (Å²) >= 11 is 0. The Morgan fingerprint density at radius 3 is 1.43 bits per heavy atom. The molecule has 2 unspecified atom stereocenters. The van der Waals surface area contributed by atoms with Crippen LogP contribution in [-0.4, -0.2) is 5.54 Å². The highest BCUT2D eigenvalue weighted by molar-refractivity contribution is 5.82. The molecule has 1 heterocycles. The number of benzene rings is 6. The first-order valence-corrected chi connectivity index (χ1v) is 16.7. The largest absolute Gasteiger partial charge is 0.334 e. The highest BCUT2D eigenvalue weighted by Crippen LogP contribution is 2.60. The predicted octanol–water partition coefficient (Wildman–Crippen LogP) is 12.2. The predicted molar refractivity (Wildman–Crippen MR) is 195 cm³/mol. The van der Waals surface area contributed by atoms with E-state index >= 15 is 0 Å². The standard InChI is InChI=1S/C44H40N2/c1-43-31-11-12-32-44(43,2)46(42-18-10-9-17-41(42)43)40-29-27-39(28-30-40)45(37-23-19-35(20-24-37)33-13-5-3-6-14-33)38-25-21-36(22-26-38)34-15-7-4-8-16-34/h3-10,13-30H,11-12,31-32H2,1-2H3. The van der Waals surface area contributed by atoms with Gasteiger partial charge in [-0.05, 0) is 102 Å². The summed E-state index contributed by atoms with van der Waals surface area (Å²) in [5.41, 5.74) is 12.6. The molecule has 8 rings (SSSR count). The summed E-state index contributed by atoms with van der Waals surface area (Å²) in [5.74, 6) is 0. The fraction of sp³-hybridized carbons (Fsp3) is 0.182.